The maximum atomic E-state index is 4.49. The van der Waals surface area contributed by atoms with E-state index < -0.39 is 0 Å². The maximum Gasteiger partial charge on any atom is 0.0722 e. The molecule has 21 heavy (non-hydrogen) atoms. The van der Waals surface area contributed by atoms with E-state index in [0.29, 0.717) is 6.04 Å². The number of benzene rings is 1. The smallest absolute Gasteiger partial charge is 0.0722 e. The molecule has 0 bridgehead atoms. The van der Waals surface area contributed by atoms with Crippen LogP contribution in [-0.2, 0) is 0 Å². The summed E-state index contributed by atoms with van der Waals surface area (Å²) in [5.41, 5.74) is 2.42. The van der Waals surface area contributed by atoms with Gasteiger partial charge in [0.05, 0.1) is 5.52 Å². The van der Waals surface area contributed by atoms with Crippen LogP contribution >= 0.6 is 0 Å². The quantitative estimate of drug-likeness (QED) is 0.931. The van der Waals surface area contributed by atoms with Crippen molar-refractivity contribution in [3.05, 3.63) is 36.5 Å². The van der Waals surface area contributed by atoms with Crippen LogP contribution in [0.5, 0.6) is 0 Å². The number of pyridine rings is 1. The summed E-state index contributed by atoms with van der Waals surface area (Å²) in [6, 6.07) is 11.1. The lowest BCUT2D eigenvalue weighted by Gasteiger charge is -2.35. The Balaban J connectivity index is 1.91. The van der Waals surface area contributed by atoms with Crippen LogP contribution in [0.1, 0.15) is 26.7 Å². The molecule has 2 heterocycles. The Bertz CT molecular complexity index is 583. The Hall–Kier alpha value is -1.61. The largest absolute Gasteiger partial charge is 0.368 e. The molecular weight excluding hydrogens is 258 g/mol. The van der Waals surface area contributed by atoms with Gasteiger partial charge in [0.25, 0.3) is 0 Å². The van der Waals surface area contributed by atoms with Gasteiger partial charge in [-0.2, -0.15) is 0 Å². The number of piperidine rings is 1. The number of fused-ring (bicyclic) bond motifs is 1. The average Bonchev–Trinajstić information content (AvgIpc) is 2.53. The van der Waals surface area contributed by atoms with E-state index in [1.54, 1.807) is 0 Å². The zero-order valence-electron chi connectivity index (χ0n) is 13.0. The van der Waals surface area contributed by atoms with E-state index >= 15 is 0 Å². The second-order valence-corrected chi connectivity index (χ2v) is 6.29. The second kappa shape index (κ2) is 6.44. The monoisotopic (exact) mass is 283 g/mol. The van der Waals surface area contributed by atoms with Crippen LogP contribution in [-0.4, -0.2) is 30.7 Å². The molecule has 112 valence electrons. The first kappa shape index (κ1) is 14.3. The van der Waals surface area contributed by atoms with E-state index in [0.717, 1.165) is 31.1 Å². The number of hydrogen-bond donors (Lipinski definition) is 1. The van der Waals surface area contributed by atoms with Crippen LogP contribution in [0.3, 0.4) is 0 Å². The minimum atomic E-state index is 0.505. The van der Waals surface area contributed by atoms with Gasteiger partial charge in [0.15, 0.2) is 0 Å². The predicted molar refractivity (Wildman–Crippen MR) is 89.8 cm³/mol. The third-order valence-electron chi connectivity index (χ3n) is 4.47. The highest BCUT2D eigenvalue weighted by Gasteiger charge is 2.20. The Kier molecular flexibility index (Phi) is 4.39. The summed E-state index contributed by atoms with van der Waals surface area (Å²) in [5.74, 6) is 0.792. The molecule has 3 rings (SSSR count). The summed E-state index contributed by atoms with van der Waals surface area (Å²) < 4.78 is 0. The zero-order valence-corrected chi connectivity index (χ0v) is 13.0. The summed E-state index contributed by atoms with van der Waals surface area (Å²) in [5, 5.41) is 4.72. The summed E-state index contributed by atoms with van der Waals surface area (Å²) in [6.07, 6.45) is 4.51. The van der Waals surface area contributed by atoms with Gasteiger partial charge < -0.3 is 10.2 Å². The highest BCUT2D eigenvalue weighted by molar-refractivity contribution is 5.91. The molecule has 0 radical (unpaired) electrons. The van der Waals surface area contributed by atoms with Crippen LogP contribution in [0.25, 0.3) is 10.9 Å². The van der Waals surface area contributed by atoms with Gasteiger partial charge in [0.1, 0.15) is 0 Å². The fraction of sp³-hybridized carbons (Fsp3) is 0.500. The topological polar surface area (TPSA) is 28.2 Å². The van der Waals surface area contributed by atoms with Gasteiger partial charge in [0, 0.05) is 29.9 Å². The van der Waals surface area contributed by atoms with Crippen molar-refractivity contribution >= 4 is 16.6 Å². The van der Waals surface area contributed by atoms with Gasteiger partial charge in [-0.15, -0.1) is 0 Å². The summed E-state index contributed by atoms with van der Waals surface area (Å²) in [6.45, 7) is 8.04. The average molecular weight is 283 g/mol. The molecule has 1 aliphatic rings. The van der Waals surface area contributed by atoms with Crippen molar-refractivity contribution in [2.24, 2.45) is 5.92 Å². The molecule has 0 saturated carbocycles. The number of rotatable bonds is 4. The number of aromatic nitrogens is 1. The fourth-order valence-corrected chi connectivity index (χ4v) is 3.26. The molecule has 1 saturated heterocycles. The Morgan fingerprint density at radius 1 is 1.19 bits per heavy atom. The van der Waals surface area contributed by atoms with Crippen molar-refractivity contribution in [2.75, 3.05) is 24.5 Å². The minimum absolute atomic E-state index is 0.505. The number of anilines is 1. The molecule has 0 aliphatic carbocycles. The highest BCUT2D eigenvalue weighted by Crippen LogP contribution is 2.28. The molecule has 1 aromatic carbocycles. The van der Waals surface area contributed by atoms with Crippen LogP contribution in [0.15, 0.2) is 36.5 Å². The van der Waals surface area contributed by atoms with Crippen molar-refractivity contribution in [3.63, 3.8) is 0 Å². The molecule has 1 fully saturated rings. The Morgan fingerprint density at radius 2 is 1.95 bits per heavy atom. The molecule has 0 unspecified atom stereocenters. The van der Waals surface area contributed by atoms with E-state index in [-0.39, 0.29) is 0 Å². The van der Waals surface area contributed by atoms with Crippen molar-refractivity contribution in [1.29, 1.82) is 0 Å². The number of nitrogens with zero attached hydrogens (tertiary/aromatic N) is 2. The van der Waals surface area contributed by atoms with Crippen LogP contribution < -0.4 is 10.2 Å². The predicted octanol–water partition coefficient (Wildman–Crippen LogP) is 3.45. The molecule has 1 aliphatic heterocycles. The van der Waals surface area contributed by atoms with Crippen LogP contribution in [0.4, 0.5) is 5.69 Å². The molecule has 2 aromatic rings. The van der Waals surface area contributed by atoms with Gasteiger partial charge in [-0.25, -0.2) is 0 Å². The number of hydrogen-bond acceptors (Lipinski definition) is 3. The standard InChI is InChI=1S/C18H25N3/c1-14(2)21(13-15-7-10-19-11-8-15)18-9-12-20-17-6-4-3-5-16(17)18/h3-6,9,12,14-15,19H,7-8,10-11,13H2,1-2H3. The van der Waals surface area contributed by atoms with Crippen molar-refractivity contribution in [3.8, 4) is 0 Å². The van der Waals surface area contributed by atoms with Crippen molar-refractivity contribution in [1.82, 2.24) is 10.3 Å². The van der Waals surface area contributed by atoms with Crippen molar-refractivity contribution in [2.45, 2.75) is 32.7 Å². The first-order chi connectivity index (χ1) is 10.3. The summed E-state index contributed by atoms with van der Waals surface area (Å²) in [4.78, 5) is 7.05. The Morgan fingerprint density at radius 3 is 2.71 bits per heavy atom. The van der Waals surface area contributed by atoms with E-state index in [9.17, 15) is 0 Å². The molecule has 3 nitrogen and oxygen atoms in total. The molecule has 3 heteroatoms. The summed E-state index contributed by atoms with van der Waals surface area (Å²) >= 11 is 0. The van der Waals surface area contributed by atoms with E-state index in [1.165, 1.54) is 23.9 Å². The van der Waals surface area contributed by atoms with Gasteiger partial charge in [-0.05, 0) is 57.8 Å². The van der Waals surface area contributed by atoms with Crippen molar-refractivity contribution < 1.29 is 0 Å². The van der Waals surface area contributed by atoms with Gasteiger partial charge in [-0.1, -0.05) is 18.2 Å². The molecule has 1 N–H and O–H groups in total. The van der Waals surface area contributed by atoms with Gasteiger partial charge in [0.2, 0.25) is 0 Å². The van der Waals surface area contributed by atoms with Gasteiger partial charge in [-0.3, -0.25) is 4.98 Å². The normalized spacial score (nSPS) is 16.5. The zero-order chi connectivity index (χ0) is 14.7. The third kappa shape index (κ3) is 3.18. The number of para-hydroxylation sites is 1. The van der Waals surface area contributed by atoms with E-state index in [1.807, 2.05) is 6.20 Å². The lowest BCUT2D eigenvalue weighted by atomic mass is 9.96. The molecule has 0 amide bonds. The van der Waals surface area contributed by atoms with E-state index in [4.69, 9.17) is 0 Å². The Labute approximate surface area is 127 Å². The fourth-order valence-electron chi connectivity index (χ4n) is 3.26. The first-order valence-electron chi connectivity index (χ1n) is 8.07. The molecule has 1 aromatic heterocycles. The lowest BCUT2D eigenvalue weighted by molar-refractivity contribution is 0.368. The van der Waals surface area contributed by atoms with Crippen LogP contribution in [0, 0.1) is 5.92 Å². The van der Waals surface area contributed by atoms with E-state index in [2.05, 4.69) is 59.4 Å². The molecule has 0 spiro atoms. The maximum absolute atomic E-state index is 4.49. The van der Waals surface area contributed by atoms with Crippen LogP contribution in [0.2, 0.25) is 0 Å². The first-order valence-corrected chi connectivity index (χ1v) is 8.07. The lowest BCUT2D eigenvalue weighted by Crippen LogP contribution is -2.39. The minimum Gasteiger partial charge on any atom is -0.368 e. The van der Waals surface area contributed by atoms with Gasteiger partial charge >= 0.3 is 0 Å². The molecule has 0 atom stereocenters. The third-order valence-corrected chi connectivity index (χ3v) is 4.47. The second-order valence-electron chi connectivity index (χ2n) is 6.29. The molecular formula is C18H25N3. The number of nitrogens with one attached hydrogen (secondary N) is 1. The SMILES string of the molecule is CC(C)N(CC1CCNCC1)c1ccnc2ccccc12. The highest BCUT2D eigenvalue weighted by atomic mass is 15.2. The summed E-state index contributed by atoms with van der Waals surface area (Å²) in [7, 11) is 0.